The summed E-state index contributed by atoms with van der Waals surface area (Å²) in [6.45, 7) is 7.38. The molecule has 5 heteroatoms. The second-order valence-electron chi connectivity index (χ2n) is 6.56. The third-order valence-electron chi connectivity index (χ3n) is 4.72. The van der Waals surface area contributed by atoms with Crippen LogP contribution in [0.15, 0.2) is 42.5 Å². The summed E-state index contributed by atoms with van der Waals surface area (Å²) in [5, 5.41) is 2.96. The largest absolute Gasteiger partial charge is 0.367 e. The Bertz CT molecular complexity index is 754. The van der Waals surface area contributed by atoms with Gasteiger partial charge < -0.3 is 10.2 Å². The Morgan fingerprint density at radius 1 is 1.04 bits per heavy atom. The number of nitrogens with one attached hydrogen (secondary N) is 1. The Kier molecular flexibility index (Phi) is 5.34. The average molecular weight is 341 g/mol. The molecule has 0 saturated carbocycles. The molecule has 3 rings (SSSR count). The summed E-state index contributed by atoms with van der Waals surface area (Å²) in [5.74, 6) is -0.203. The van der Waals surface area contributed by atoms with Crippen LogP contribution in [0.4, 0.5) is 15.8 Å². The minimum Gasteiger partial charge on any atom is -0.367 e. The maximum Gasteiger partial charge on any atom is 0.238 e. The van der Waals surface area contributed by atoms with E-state index in [1.54, 1.807) is 12.1 Å². The first-order chi connectivity index (χ1) is 12.0. The summed E-state index contributed by atoms with van der Waals surface area (Å²) in [6.07, 6.45) is 0. The number of nitrogens with zero attached hydrogens (tertiary/aromatic N) is 2. The number of benzene rings is 2. The molecule has 1 amide bonds. The van der Waals surface area contributed by atoms with Crippen molar-refractivity contribution in [3.8, 4) is 0 Å². The number of anilines is 2. The van der Waals surface area contributed by atoms with Crippen molar-refractivity contribution in [1.82, 2.24) is 4.90 Å². The van der Waals surface area contributed by atoms with Crippen molar-refractivity contribution >= 4 is 17.3 Å². The summed E-state index contributed by atoms with van der Waals surface area (Å²) in [4.78, 5) is 16.4. The first-order valence-corrected chi connectivity index (χ1v) is 8.62. The topological polar surface area (TPSA) is 35.6 Å². The number of hydrogen-bond donors (Lipinski definition) is 1. The van der Waals surface area contributed by atoms with Gasteiger partial charge in [-0.25, -0.2) is 4.39 Å². The van der Waals surface area contributed by atoms with Gasteiger partial charge in [-0.3, -0.25) is 9.69 Å². The van der Waals surface area contributed by atoms with Crippen molar-refractivity contribution in [2.24, 2.45) is 0 Å². The Morgan fingerprint density at radius 3 is 2.44 bits per heavy atom. The highest BCUT2D eigenvalue weighted by Gasteiger charge is 2.20. The summed E-state index contributed by atoms with van der Waals surface area (Å²) in [7, 11) is 0. The smallest absolute Gasteiger partial charge is 0.238 e. The van der Waals surface area contributed by atoms with Gasteiger partial charge in [0.25, 0.3) is 0 Å². The molecule has 2 aromatic rings. The normalized spacial score (nSPS) is 15.2. The van der Waals surface area contributed by atoms with Gasteiger partial charge in [0.1, 0.15) is 5.82 Å². The molecule has 132 valence electrons. The van der Waals surface area contributed by atoms with Crippen molar-refractivity contribution in [1.29, 1.82) is 0 Å². The third-order valence-corrected chi connectivity index (χ3v) is 4.72. The zero-order chi connectivity index (χ0) is 17.8. The van der Waals surface area contributed by atoms with E-state index >= 15 is 0 Å². The number of aryl methyl sites for hydroxylation is 2. The van der Waals surface area contributed by atoms with E-state index in [4.69, 9.17) is 0 Å². The average Bonchev–Trinajstić information content (AvgIpc) is 2.59. The molecule has 0 spiro atoms. The predicted molar refractivity (Wildman–Crippen MR) is 99.6 cm³/mol. The molecular weight excluding hydrogens is 317 g/mol. The highest BCUT2D eigenvalue weighted by atomic mass is 19.1. The van der Waals surface area contributed by atoms with E-state index in [0.717, 1.165) is 37.4 Å². The molecule has 2 aromatic carbocycles. The van der Waals surface area contributed by atoms with E-state index in [0.29, 0.717) is 12.2 Å². The monoisotopic (exact) mass is 341 g/mol. The van der Waals surface area contributed by atoms with Crippen molar-refractivity contribution in [2.45, 2.75) is 13.8 Å². The van der Waals surface area contributed by atoms with Crippen molar-refractivity contribution in [3.05, 3.63) is 59.4 Å². The Morgan fingerprint density at radius 2 is 1.76 bits per heavy atom. The van der Waals surface area contributed by atoms with Crippen LogP contribution in [0.2, 0.25) is 0 Å². The number of halogens is 1. The first-order valence-electron chi connectivity index (χ1n) is 8.62. The van der Waals surface area contributed by atoms with Gasteiger partial charge in [-0.15, -0.1) is 0 Å². The summed E-state index contributed by atoms with van der Waals surface area (Å²) in [6, 6.07) is 12.8. The minimum absolute atomic E-state index is 0.0115. The number of para-hydroxylation sites is 1. The molecule has 0 atom stereocenters. The molecule has 1 aliphatic heterocycles. The molecule has 0 bridgehead atoms. The predicted octanol–water partition coefficient (Wildman–Crippen LogP) is 3.20. The fourth-order valence-electron chi connectivity index (χ4n) is 3.08. The van der Waals surface area contributed by atoms with Gasteiger partial charge in [0.2, 0.25) is 5.91 Å². The van der Waals surface area contributed by atoms with Crippen molar-refractivity contribution in [2.75, 3.05) is 42.9 Å². The SMILES string of the molecule is Cc1ccc(NC(=O)CN2CCN(c3ccccc3F)CC2)cc1C. The minimum atomic E-state index is -0.191. The van der Waals surface area contributed by atoms with E-state index in [1.165, 1.54) is 11.6 Å². The van der Waals surface area contributed by atoms with Crippen LogP contribution in [-0.4, -0.2) is 43.5 Å². The van der Waals surface area contributed by atoms with Crippen molar-refractivity contribution < 1.29 is 9.18 Å². The van der Waals surface area contributed by atoms with Gasteiger partial charge in [-0.2, -0.15) is 0 Å². The van der Waals surface area contributed by atoms with E-state index < -0.39 is 0 Å². The molecular formula is C20H24FN3O. The molecule has 0 aromatic heterocycles. The van der Waals surface area contributed by atoms with Gasteiger partial charge in [0, 0.05) is 31.9 Å². The van der Waals surface area contributed by atoms with E-state index in [1.807, 2.05) is 36.1 Å². The van der Waals surface area contributed by atoms with Gasteiger partial charge in [0.15, 0.2) is 0 Å². The zero-order valence-electron chi connectivity index (χ0n) is 14.8. The fraction of sp³-hybridized carbons (Fsp3) is 0.350. The Hall–Kier alpha value is -2.40. The number of amides is 1. The fourth-order valence-corrected chi connectivity index (χ4v) is 3.08. The summed E-state index contributed by atoms with van der Waals surface area (Å²) in [5.41, 5.74) is 3.85. The van der Waals surface area contributed by atoms with Crippen LogP contribution in [0.25, 0.3) is 0 Å². The van der Waals surface area contributed by atoms with Crippen LogP contribution in [0, 0.1) is 19.7 Å². The molecule has 1 N–H and O–H groups in total. The van der Waals surface area contributed by atoms with Crippen LogP contribution in [0.1, 0.15) is 11.1 Å². The summed E-state index contributed by atoms with van der Waals surface area (Å²) < 4.78 is 13.9. The maximum absolute atomic E-state index is 13.9. The zero-order valence-corrected chi connectivity index (χ0v) is 14.8. The lowest BCUT2D eigenvalue weighted by Crippen LogP contribution is -2.48. The quantitative estimate of drug-likeness (QED) is 0.928. The highest BCUT2D eigenvalue weighted by molar-refractivity contribution is 5.92. The molecule has 25 heavy (non-hydrogen) atoms. The number of carbonyl (C=O) groups excluding carboxylic acids is 1. The third kappa shape index (κ3) is 4.37. The molecule has 1 fully saturated rings. The number of carbonyl (C=O) groups is 1. The first kappa shape index (κ1) is 17.4. The highest BCUT2D eigenvalue weighted by Crippen LogP contribution is 2.20. The van der Waals surface area contributed by atoms with Gasteiger partial charge in [0.05, 0.1) is 12.2 Å². The molecule has 1 saturated heterocycles. The van der Waals surface area contributed by atoms with Crippen molar-refractivity contribution in [3.63, 3.8) is 0 Å². The van der Waals surface area contributed by atoms with Crippen LogP contribution >= 0.6 is 0 Å². The molecule has 1 aliphatic rings. The lowest BCUT2D eigenvalue weighted by atomic mass is 10.1. The van der Waals surface area contributed by atoms with E-state index in [2.05, 4.69) is 17.1 Å². The number of rotatable bonds is 4. The second kappa shape index (κ2) is 7.66. The second-order valence-corrected chi connectivity index (χ2v) is 6.56. The van der Waals surface area contributed by atoms with Crippen LogP contribution in [0.3, 0.4) is 0 Å². The summed E-state index contributed by atoms with van der Waals surface area (Å²) >= 11 is 0. The number of piperazine rings is 1. The lowest BCUT2D eigenvalue weighted by Gasteiger charge is -2.35. The van der Waals surface area contributed by atoms with E-state index in [9.17, 15) is 9.18 Å². The lowest BCUT2D eigenvalue weighted by molar-refractivity contribution is -0.117. The Labute approximate surface area is 148 Å². The molecule has 0 aliphatic carbocycles. The molecule has 4 nitrogen and oxygen atoms in total. The van der Waals surface area contributed by atoms with Crippen LogP contribution in [-0.2, 0) is 4.79 Å². The van der Waals surface area contributed by atoms with E-state index in [-0.39, 0.29) is 11.7 Å². The van der Waals surface area contributed by atoms with Gasteiger partial charge >= 0.3 is 0 Å². The van der Waals surface area contributed by atoms with Crippen LogP contribution < -0.4 is 10.2 Å². The molecule has 0 unspecified atom stereocenters. The maximum atomic E-state index is 13.9. The van der Waals surface area contributed by atoms with Crippen LogP contribution in [0.5, 0.6) is 0 Å². The van der Waals surface area contributed by atoms with Gasteiger partial charge in [-0.05, 0) is 49.2 Å². The molecule has 0 radical (unpaired) electrons. The van der Waals surface area contributed by atoms with Gasteiger partial charge in [-0.1, -0.05) is 18.2 Å². The number of hydrogen-bond acceptors (Lipinski definition) is 3. The standard InChI is InChI=1S/C20H24FN3O/c1-15-7-8-17(13-16(15)2)22-20(25)14-23-9-11-24(12-10-23)19-6-4-3-5-18(19)21/h3-8,13H,9-12,14H2,1-2H3,(H,22,25). The Balaban J connectivity index is 1.51. The molecule has 1 heterocycles.